The van der Waals surface area contributed by atoms with Gasteiger partial charge in [-0.2, -0.15) is 11.8 Å². The van der Waals surface area contributed by atoms with Gasteiger partial charge in [-0.05, 0) is 30.4 Å². The molecule has 88 valence electrons. The number of nitrogen functional groups attached to an aromatic ring is 1. The van der Waals surface area contributed by atoms with E-state index in [4.69, 9.17) is 5.73 Å². The van der Waals surface area contributed by atoms with Crippen molar-refractivity contribution in [3.8, 4) is 0 Å². The number of nitrogens with two attached hydrogens (primary N) is 1. The molecule has 1 aliphatic carbocycles. The summed E-state index contributed by atoms with van der Waals surface area (Å²) in [6.45, 7) is 2.38. The van der Waals surface area contributed by atoms with Crippen LogP contribution in [0.2, 0.25) is 0 Å². The van der Waals surface area contributed by atoms with Crippen LogP contribution in [-0.2, 0) is 5.75 Å². The minimum Gasteiger partial charge on any atom is -0.398 e. The number of thioether (sulfide) groups is 1. The Labute approximate surface area is 103 Å². The Balaban J connectivity index is 1.85. The molecule has 0 spiro atoms. The van der Waals surface area contributed by atoms with Crippen LogP contribution in [0.5, 0.6) is 0 Å². The van der Waals surface area contributed by atoms with E-state index in [1.165, 1.54) is 31.2 Å². The van der Waals surface area contributed by atoms with E-state index < -0.39 is 0 Å². The summed E-state index contributed by atoms with van der Waals surface area (Å²) >= 11 is 2.09. The molecular formula is C14H21NS. The number of anilines is 1. The molecule has 0 radical (unpaired) electrons. The Morgan fingerprint density at radius 3 is 2.88 bits per heavy atom. The van der Waals surface area contributed by atoms with Crippen LogP contribution < -0.4 is 5.73 Å². The summed E-state index contributed by atoms with van der Waals surface area (Å²) in [4.78, 5) is 0. The predicted octanol–water partition coefficient (Wildman–Crippen LogP) is 4.08. The minimum atomic E-state index is 0.850. The van der Waals surface area contributed by atoms with Crippen LogP contribution in [0.3, 0.4) is 0 Å². The van der Waals surface area contributed by atoms with Gasteiger partial charge >= 0.3 is 0 Å². The summed E-state index contributed by atoms with van der Waals surface area (Å²) in [5.41, 5.74) is 8.19. The zero-order valence-electron chi connectivity index (χ0n) is 9.99. The van der Waals surface area contributed by atoms with Gasteiger partial charge in [0.1, 0.15) is 0 Å². The molecule has 0 bridgehead atoms. The monoisotopic (exact) mass is 235 g/mol. The van der Waals surface area contributed by atoms with Gasteiger partial charge in [0.25, 0.3) is 0 Å². The van der Waals surface area contributed by atoms with Gasteiger partial charge in [0.2, 0.25) is 0 Å². The molecule has 0 amide bonds. The molecule has 1 nitrogen and oxygen atoms in total. The van der Waals surface area contributed by atoms with Gasteiger partial charge in [-0.1, -0.05) is 38.0 Å². The summed E-state index contributed by atoms with van der Waals surface area (Å²) in [5, 5.41) is 0.850. The van der Waals surface area contributed by atoms with Crippen LogP contribution in [-0.4, -0.2) is 5.25 Å². The number of hydrogen-bond donors (Lipinski definition) is 1. The summed E-state index contributed by atoms with van der Waals surface area (Å²) in [5.74, 6) is 1.99. The maximum Gasteiger partial charge on any atom is 0.0355 e. The first-order chi connectivity index (χ1) is 7.75. The lowest BCUT2D eigenvalue weighted by molar-refractivity contribution is 0.394. The van der Waals surface area contributed by atoms with E-state index >= 15 is 0 Å². The van der Waals surface area contributed by atoms with Gasteiger partial charge in [0, 0.05) is 16.7 Å². The summed E-state index contributed by atoms with van der Waals surface area (Å²) in [6, 6.07) is 8.23. The SMILES string of the molecule is CC1CCCC(SCc2ccccc2N)C1. The van der Waals surface area contributed by atoms with Gasteiger partial charge < -0.3 is 5.73 Å². The molecule has 2 unspecified atom stereocenters. The Morgan fingerprint density at radius 2 is 2.12 bits per heavy atom. The molecule has 1 aliphatic rings. The molecule has 1 aromatic rings. The van der Waals surface area contributed by atoms with Gasteiger partial charge in [-0.25, -0.2) is 0 Å². The van der Waals surface area contributed by atoms with Crippen molar-refractivity contribution in [2.45, 2.75) is 43.6 Å². The first-order valence-corrected chi connectivity index (χ1v) is 7.25. The number of hydrogen-bond acceptors (Lipinski definition) is 2. The highest BCUT2D eigenvalue weighted by atomic mass is 32.2. The van der Waals surface area contributed by atoms with Gasteiger partial charge in [-0.15, -0.1) is 0 Å². The summed E-state index contributed by atoms with van der Waals surface area (Å²) in [7, 11) is 0. The van der Waals surface area contributed by atoms with Crippen molar-refractivity contribution in [1.29, 1.82) is 0 Å². The summed E-state index contributed by atoms with van der Waals surface area (Å²) < 4.78 is 0. The smallest absolute Gasteiger partial charge is 0.0355 e. The minimum absolute atomic E-state index is 0.850. The van der Waals surface area contributed by atoms with E-state index in [1.807, 2.05) is 12.1 Å². The Bertz CT molecular complexity index is 337. The standard InChI is InChI=1S/C14H21NS/c1-11-5-4-7-13(9-11)16-10-12-6-2-3-8-14(12)15/h2-3,6,8,11,13H,4-5,7,9-10,15H2,1H3. The normalized spacial score (nSPS) is 25.6. The molecule has 0 aliphatic heterocycles. The third kappa shape index (κ3) is 3.18. The van der Waals surface area contributed by atoms with E-state index in [9.17, 15) is 0 Å². The lowest BCUT2D eigenvalue weighted by Crippen LogP contribution is -2.15. The predicted molar refractivity (Wildman–Crippen MR) is 73.6 cm³/mol. The molecule has 0 aromatic heterocycles. The van der Waals surface area contributed by atoms with Crippen molar-refractivity contribution in [2.24, 2.45) is 5.92 Å². The fourth-order valence-electron chi connectivity index (χ4n) is 2.40. The van der Waals surface area contributed by atoms with Gasteiger partial charge in [0.05, 0.1) is 0 Å². The van der Waals surface area contributed by atoms with Crippen LogP contribution in [0.15, 0.2) is 24.3 Å². The van der Waals surface area contributed by atoms with Gasteiger partial charge in [0.15, 0.2) is 0 Å². The molecule has 1 saturated carbocycles. The van der Waals surface area contributed by atoms with Crippen molar-refractivity contribution < 1.29 is 0 Å². The maximum absolute atomic E-state index is 5.95. The molecule has 2 N–H and O–H groups in total. The second-order valence-electron chi connectivity index (χ2n) is 4.90. The van der Waals surface area contributed by atoms with Crippen LogP contribution in [0.1, 0.15) is 38.2 Å². The van der Waals surface area contributed by atoms with Crippen molar-refractivity contribution in [2.75, 3.05) is 5.73 Å². The van der Waals surface area contributed by atoms with Crippen LogP contribution in [0.25, 0.3) is 0 Å². The number of benzene rings is 1. The first-order valence-electron chi connectivity index (χ1n) is 6.20. The van der Waals surface area contributed by atoms with Crippen molar-refractivity contribution >= 4 is 17.4 Å². The van der Waals surface area contributed by atoms with E-state index in [1.54, 1.807) is 0 Å². The van der Waals surface area contributed by atoms with Crippen molar-refractivity contribution in [3.05, 3.63) is 29.8 Å². The lowest BCUT2D eigenvalue weighted by atomic mass is 9.91. The lowest BCUT2D eigenvalue weighted by Gasteiger charge is -2.26. The zero-order chi connectivity index (χ0) is 11.4. The fraction of sp³-hybridized carbons (Fsp3) is 0.571. The highest BCUT2D eigenvalue weighted by molar-refractivity contribution is 7.99. The number of rotatable bonds is 3. The second-order valence-corrected chi connectivity index (χ2v) is 6.19. The van der Waals surface area contributed by atoms with E-state index in [0.717, 1.165) is 22.6 Å². The molecule has 2 atom stereocenters. The van der Waals surface area contributed by atoms with Crippen molar-refractivity contribution in [3.63, 3.8) is 0 Å². The summed E-state index contributed by atoms with van der Waals surface area (Å²) in [6.07, 6.45) is 5.60. The van der Waals surface area contributed by atoms with Gasteiger partial charge in [-0.3, -0.25) is 0 Å². The van der Waals surface area contributed by atoms with Crippen LogP contribution in [0, 0.1) is 5.92 Å². The Morgan fingerprint density at radius 1 is 1.31 bits per heavy atom. The Kier molecular flexibility index (Phi) is 4.16. The molecule has 1 fully saturated rings. The quantitative estimate of drug-likeness (QED) is 0.799. The highest BCUT2D eigenvalue weighted by Gasteiger charge is 2.19. The van der Waals surface area contributed by atoms with Crippen LogP contribution >= 0.6 is 11.8 Å². The fourth-order valence-corrected chi connectivity index (χ4v) is 3.88. The molecule has 0 heterocycles. The van der Waals surface area contributed by atoms with Crippen LogP contribution in [0.4, 0.5) is 5.69 Å². The highest BCUT2D eigenvalue weighted by Crippen LogP contribution is 2.34. The second kappa shape index (κ2) is 5.62. The first kappa shape index (κ1) is 11.8. The largest absolute Gasteiger partial charge is 0.398 e. The zero-order valence-corrected chi connectivity index (χ0v) is 10.8. The van der Waals surface area contributed by atoms with E-state index in [2.05, 4.69) is 30.8 Å². The molecule has 16 heavy (non-hydrogen) atoms. The third-order valence-corrected chi connectivity index (χ3v) is 4.80. The molecule has 2 rings (SSSR count). The Hall–Kier alpha value is -0.630. The average molecular weight is 235 g/mol. The molecule has 2 heteroatoms. The average Bonchev–Trinajstić information content (AvgIpc) is 2.28. The van der Waals surface area contributed by atoms with Crippen molar-refractivity contribution in [1.82, 2.24) is 0 Å². The maximum atomic E-state index is 5.95. The third-order valence-electron chi connectivity index (χ3n) is 3.42. The molecule has 1 aromatic carbocycles. The topological polar surface area (TPSA) is 26.0 Å². The molecule has 0 saturated heterocycles. The van der Waals surface area contributed by atoms with E-state index in [0.29, 0.717) is 0 Å². The number of para-hydroxylation sites is 1. The molecular weight excluding hydrogens is 214 g/mol. The van der Waals surface area contributed by atoms with E-state index in [-0.39, 0.29) is 0 Å².